The van der Waals surface area contributed by atoms with Gasteiger partial charge >= 0.3 is 0 Å². The van der Waals surface area contributed by atoms with Gasteiger partial charge in [0, 0.05) is 51.9 Å². The molecule has 0 aliphatic rings. The lowest BCUT2D eigenvalue weighted by Crippen LogP contribution is -2.01. The molecule has 0 unspecified atom stereocenters. The highest BCUT2D eigenvalue weighted by Crippen LogP contribution is 2.29. The molecule has 0 amide bonds. The maximum absolute atomic E-state index is 5.87. The largest absolute Gasteiger partial charge is 0.368 e. The van der Waals surface area contributed by atoms with Crippen LogP contribution >= 0.6 is 11.8 Å². The van der Waals surface area contributed by atoms with E-state index in [0.29, 0.717) is 5.82 Å². The summed E-state index contributed by atoms with van der Waals surface area (Å²) in [6.07, 6.45) is 7.02. The summed E-state index contributed by atoms with van der Waals surface area (Å²) in [5.74, 6) is 0.862. The molecule has 6 nitrogen and oxygen atoms in total. The summed E-state index contributed by atoms with van der Waals surface area (Å²) in [6, 6.07) is 17.7. The van der Waals surface area contributed by atoms with Gasteiger partial charge in [-0.25, -0.2) is 4.98 Å². The summed E-state index contributed by atoms with van der Waals surface area (Å²) in [6.45, 7) is 0. The van der Waals surface area contributed by atoms with Crippen LogP contribution in [0.15, 0.2) is 89.2 Å². The number of nitrogens with two attached hydrogens (primary N) is 1. The molecular weight excluding hydrogens is 356 g/mol. The molecule has 0 saturated heterocycles. The first kappa shape index (κ1) is 17.0. The van der Waals surface area contributed by atoms with Crippen molar-refractivity contribution in [3.8, 4) is 11.3 Å². The second-order valence-electron chi connectivity index (χ2n) is 5.67. The zero-order chi connectivity index (χ0) is 18.5. The maximum atomic E-state index is 5.87. The molecule has 0 aliphatic carbocycles. The molecule has 132 valence electrons. The lowest BCUT2D eigenvalue weighted by atomic mass is 10.2. The number of hydrogen-bond donors (Lipinski definition) is 2. The minimum atomic E-state index is 0.219. The molecule has 0 saturated carbocycles. The summed E-state index contributed by atoms with van der Waals surface area (Å²) in [7, 11) is 0. The average molecular weight is 372 g/mol. The number of anilines is 3. The maximum Gasteiger partial charge on any atom is 0.222 e. The van der Waals surface area contributed by atoms with Gasteiger partial charge in [0.25, 0.3) is 0 Å². The lowest BCUT2D eigenvalue weighted by Gasteiger charge is -2.09. The van der Waals surface area contributed by atoms with Crippen LogP contribution in [0.5, 0.6) is 0 Å². The van der Waals surface area contributed by atoms with Crippen molar-refractivity contribution in [3.05, 3.63) is 79.4 Å². The second kappa shape index (κ2) is 7.84. The number of nitrogens with zero attached hydrogens (tertiary/aromatic N) is 4. The Morgan fingerprint density at radius 1 is 0.741 bits per heavy atom. The van der Waals surface area contributed by atoms with Crippen LogP contribution in [-0.2, 0) is 0 Å². The first-order valence-corrected chi connectivity index (χ1v) is 9.08. The third kappa shape index (κ3) is 4.39. The number of nitrogen functional groups attached to an aromatic ring is 1. The third-order valence-corrected chi connectivity index (χ3v) is 4.75. The first-order chi connectivity index (χ1) is 13.3. The number of pyridine rings is 2. The normalized spacial score (nSPS) is 10.5. The van der Waals surface area contributed by atoms with Crippen molar-refractivity contribution in [2.45, 2.75) is 9.79 Å². The van der Waals surface area contributed by atoms with Crippen molar-refractivity contribution < 1.29 is 0 Å². The molecule has 1 aromatic carbocycles. The molecular formula is C20H16N6S. The summed E-state index contributed by atoms with van der Waals surface area (Å²) < 4.78 is 0. The van der Waals surface area contributed by atoms with E-state index < -0.39 is 0 Å². The molecule has 7 heteroatoms. The second-order valence-corrected chi connectivity index (χ2v) is 6.81. The smallest absolute Gasteiger partial charge is 0.222 e. The Kier molecular flexibility index (Phi) is 4.93. The zero-order valence-electron chi connectivity index (χ0n) is 14.3. The van der Waals surface area contributed by atoms with Crippen LogP contribution in [0.1, 0.15) is 0 Å². The van der Waals surface area contributed by atoms with E-state index in [0.717, 1.165) is 26.7 Å². The van der Waals surface area contributed by atoms with Gasteiger partial charge in [-0.3, -0.25) is 9.97 Å². The molecule has 3 aromatic heterocycles. The Balaban J connectivity index is 1.51. The van der Waals surface area contributed by atoms with Crippen LogP contribution in [0.4, 0.5) is 17.5 Å². The monoisotopic (exact) mass is 372 g/mol. The van der Waals surface area contributed by atoms with Crippen molar-refractivity contribution in [1.82, 2.24) is 19.9 Å². The van der Waals surface area contributed by atoms with Gasteiger partial charge in [-0.15, -0.1) is 0 Å². The molecule has 3 heterocycles. The number of rotatable bonds is 5. The van der Waals surface area contributed by atoms with Crippen molar-refractivity contribution in [3.63, 3.8) is 0 Å². The predicted octanol–water partition coefficient (Wildman–Crippen LogP) is 4.41. The van der Waals surface area contributed by atoms with Gasteiger partial charge in [-0.05, 0) is 48.5 Å². The summed E-state index contributed by atoms with van der Waals surface area (Å²) in [4.78, 5) is 18.9. The number of aromatic nitrogens is 4. The van der Waals surface area contributed by atoms with Gasteiger partial charge in [-0.1, -0.05) is 11.8 Å². The molecule has 4 rings (SSSR count). The van der Waals surface area contributed by atoms with E-state index in [1.165, 1.54) is 0 Å². The summed E-state index contributed by atoms with van der Waals surface area (Å²) >= 11 is 1.69. The fourth-order valence-electron chi connectivity index (χ4n) is 2.50. The Labute approximate surface area is 160 Å². The molecule has 27 heavy (non-hydrogen) atoms. The van der Waals surface area contributed by atoms with Gasteiger partial charge < -0.3 is 11.1 Å². The Hall–Kier alpha value is -3.45. The van der Waals surface area contributed by atoms with Crippen LogP contribution in [0.3, 0.4) is 0 Å². The SMILES string of the molecule is Nc1nc(Nc2ccc(Sc3ccncc3)cc2)cc(-c2ccncc2)n1. The molecule has 4 aromatic rings. The Morgan fingerprint density at radius 3 is 2.07 bits per heavy atom. The van der Waals surface area contributed by atoms with E-state index in [2.05, 4.69) is 37.4 Å². The van der Waals surface area contributed by atoms with Gasteiger partial charge in [0.05, 0.1) is 5.69 Å². The van der Waals surface area contributed by atoms with Gasteiger partial charge in [0.2, 0.25) is 5.95 Å². The van der Waals surface area contributed by atoms with Crippen LogP contribution in [-0.4, -0.2) is 19.9 Å². The first-order valence-electron chi connectivity index (χ1n) is 8.26. The fourth-order valence-corrected chi connectivity index (χ4v) is 3.30. The Bertz CT molecular complexity index is 1020. The number of benzene rings is 1. The quantitative estimate of drug-likeness (QED) is 0.536. The van der Waals surface area contributed by atoms with Crippen LogP contribution < -0.4 is 11.1 Å². The van der Waals surface area contributed by atoms with Crippen molar-refractivity contribution in [2.75, 3.05) is 11.1 Å². The average Bonchev–Trinajstić information content (AvgIpc) is 2.71. The third-order valence-electron chi connectivity index (χ3n) is 3.73. The highest BCUT2D eigenvalue weighted by molar-refractivity contribution is 7.99. The van der Waals surface area contributed by atoms with E-state index in [1.807, 2.05) is 42.5 Å². The van der Waals surface area contributed by atoms with E-state index in [9.17, 15) is 0 Å². The summed E-state index contributed by atoms with van der Waals surface area (Å²) in [5, 5.41) is 3.28. The molecule has 0 atom stereocenters. The van der Waals surface area contributed by atoms with E-state index in [1.54, 1.807) is 36.5 Å². The topological polar surface area (TPSA) is 89.6 Å². The minimum absolute atomic E-state index is 0.219. The molecule has 3 N–H and O–H groups in total. The molecule has 0 spiro atoms. The van der Waals surface area contributed by atoms with E-state index in [4.69, 9.17) is 5.73 Å². The number of hydrogen-bond acceptors (Lipinski definition) is 7. The van der Waals surface area contributed by atoms with Gasteiger partial charge in [0.15, 0.2) is 0 Å². The van der Waals surface area contributed by atoms with Crippen LogP contribution in [0.2, 0.25) is 0 Å². The predicted molar refractivity (Wildman–Crippen MR) is 108 cm³/mol. The molecule has 0 fully saturated rings. The van der Waals surface area contributed by atoms with Gasteiger partial charge in [-0.2, -0.15) is 4.98 Å². The standard InChI is InChI=1S/C20H16N6S/c21-20-25-18(14-5-9-22-10-6-14)13-19(26-20)24-15-1-3-16(4-2-15)27-17-7-11-23-12-8-17/h1-13H,(H3,21,24,25,26). The molecule has 0 aliphatic heterocycles. The summed E-state index contributed by atoms with van der Waals surface area (Å²) in [5.41, 5.74) is 8.48. The molecule has 0 radical (unpaired) electrons. The van der Waals surface area contributed by atoms with Crippen molar-refractivity contribution >= 4 is 29.2 Å². The van der Waals surface area contributed by atoms with Crippen LogP contribution in [0.25, 0.3) is 11.3 Å². The lowest BCUT2D eigenvalue weighted by molar-refractivity contribution is 1.18. The van der Waals surface area contributed by atoms with E-state index >= 15 is 0 Å². The van der Waals surface area contributed by atoms with E-state index in [-0.39, 0.29) is 5.95 Å². The van der Waals surface area contributed by atoms with Gasteiger partial charge in [0.1, 0.15) is 5.82 Å². The zero-order valence-corrected chi connectivity index (χ0v) is 15.1. The highest BCUT2D eigenvalue weighted by atomic mass is 32.2. The fraction of sp³-hybridized carbons (Fsp3) is 0. The van der Waals surface area contributed by atoms with Crippen LogP contribution in [0, 0.1) is 0 Å². The molecule has 0 bridgehead atoms. The number of nitrogens with one attached hydrogen (secondary N) is 1. The minimum Gasteiger partial charge on any atom is -0.368 e. The van der Waals surface area contributed by atoms with Crippen molar-refractivity contribution in [2.24, 2.45) is 0 Å². The Morgan fingerprint density at radius 2 is 1.37 bits per heavy atom. The highest BCUT2D eigenvalue weighted by Gasteiger charge is 2.06. The van der Waals surface area contributed by atoms with Crippen molar-refractivity contribution in [1.29, 1.82) is 0 Å².